The number of rotatable bonds is 4. The lowest BCUT2D eigenvalue weighted by atomic mass is 9.76. The summed E-state index contributed by atoms with van der Waals surface area (Å²) in [5.41, 5.74) is 5.84. The Balaban J connectivity index is 2.06. The smallest absolute Gasteiger partial charge is 0.293 e. The monoisotopic (exact) mass is 143 g/mol. The van der Waals surface area contributed by atoms with Crippen molar-refractivity contribution in [2.24, 2.45) is 5.73 Å². The third kappa shape index (κ3) is 1.70. The van der Waals surface area contributed by atoms with E-state index < -0.39 is 0 Å². The van der Waals surface area contributed by atoms with Crippen LogP contribution in [0.3, 0.4) is 0 Å². The molecule has 0 amide bonds. The van der Waals surface area contributed by atoms with Gasteiger partial charge in [0.15, 0.2) is 0 Å². The molecule has 1 saturated carbocycles. The van der Waals surface area contributed by atoms with Crippen LogP contribution < -0.4 is 5.73 Å². The van der Waals surface area contributed by atoms with Gasteiger partial charge in [-0.1, -0.05) is 0 Å². The largest absolute Gasteiger partial charge is 0.468 e. The van der Waals surface area contributed by atoms with Crippen LogP contribution in [-0.2, 0) is 9.53 Å². The lowest BCUT2D eigenvalue weighted by Crippen LogP contribution is -2.47. The zero-order chi connectivity index (χ0) is 7.45. The van der Waals surface area contributed by atoms with Crippen LogP contribution in [0.25, 0.3) is 0 Å². The molecule has 0 bridgehead atoms. The van der Waals surface area contributed by atoms with Gasteiger partial charge in [-0.05, 0) is 25.7 Å². The number of carbonyl (C=O) groups excluding carboxylic acids is 1. The molecule has 3 heteroatoms. The molecule has 1 rings (SSSR count). The SMILES string of the molecule is NC1(CCOC=O)CCC1. The second-order valence-electron chi connectivity index (χ2n) is 2.93. The Morgan fingerprint density at radius 1 is 1.60 bits per heavy atom. The van der Waals surface area contributed by atoms with Crippen molar-refractivity contribution in [1.29, 1.82) is 0 Å². The number of nitrogens with two attached hydrogens (primary N) is 1. The number of carbonyl (C=O) groups is 1. The van der Waals surface area contributed by atoms with Gasteiger partial charge in [0.1, 0.15) is 0 Å². The highest BCUT2D eigenvalue weighted by atomic mass is 16.5. The van der Waals surface area contributed by atoms with Crippen molar-refractivity contribution in [1.82, 2.24) is 0 Å². The van der Waals surface area contributed by atoms with Gasteiger partial charge in [0.25, 0.3) is 6.47 Å². The number of hydrogen-bond acceptors (Lipinski definition) is 3. The van der Waals surface area contributed by atoms with Crippen LogP contribution in [0.4, 0.5) is 0 Å². The van der Waals surface area contributed by atoms with Gasteiger partial charge in [0.05, 0.1) is 6.61 Å². The lowest BCUT2D eigenvalue weighted by molar-refractivity contribution is -0.129. The van der Waals surface area contributed by atoms with Crippen LogP contribution >= 0.6 is 0 Å². The van der Waals surface area contributed by atoms with E-state index in [1.165, 1.54) is 6.42 Å². The normalized spacial score (nSPS) is 21.3. The van der Waals surface area contributed by atoms with E-state index in [4.69, 9.17) is 5.73 Å². The van der Waals surface area contributed by atoms with Gasteiger partial charge >= 0.3 is 0 Å². The molecule has 0 aromatic rings. The van der Waals surface area contributed by atoms with Gasteiger partial charge in [-0.2, -0.15) is 0 Å². The van der Waals surface area contributed by atoms with E-state index in [-0.39, 0.29) is 5.54 Å². The highest BCUT2D eigenvalue weighted by Crippen LogP contribution is 2.31. The zero-order valence-electron chi connectivity index (χ0n) is 6.01. The van der Waals surface area contributed by atoms with Crippen LogP contribution in [0.5, 0.6) is 0 Å². The molecule has 0 aromatic carbocycles. The second kappa shape index (κ2) is 3.01. The van der Waals surface area contributed by atoms with E-state index in [1.54, 1.807) is 0 Å². The Bertz CT molecular complexity index is 121. The fraction of sp³-hybridized carbons (Fsp3) is 0.857. The van der Waals surface area contributed by atoms with Gasteiger partial charge in [-0.15, -0.1) is 0 Å². The molecule has 0 atom stereocenters. The summed E-state index contributed by atoms with van der Waals surface area (Å²) in [7, 11) is 0. The van der Waals surface area contributed by atoms with Crippen LogP contribution in [-0.4, -0.2) is 18.6 Å². The van der Waals surface area contributed by atoms with Crippen molar-refractivity contribution in [3.8, 4) is 0 Å². The topological polar surface area (TPSA) is 52.3 Å². The average molecular weight is 143 g/mol. The first kappa shape index (κ1) is 7.54. The van der Waals surface area contributed by atoms with Crippen molar-refractivity contribution in [3.05, 3.63) is 0 Å². The van der Waals surface area contributed by atoms with Gasteiger partial charge in [0.2, 0.25) is 0 Å². The van der Waals surface area contributed by atoms with Crippen LogP contribution in [0.2, 0.25) is 0 Å². The standard InChI is InChI=1S/C7H13NO2/c8-7(2-1-3-7)4-5-10-6-9/h6H,1-5,8H2. The van der Waals surface area contributed by atoms with E-state index in [9.17, 15) is 4.79 Å². The fourth-order valence-electron chi connectivity index (χ4n) is 1.19. The minimum atomic E-state index is -0.0109. The van der Waals surface area contributed by atoms with Gasteiger partial charge in [-0.25, -0.2) is 0 Å². The second-order valence-corrected chi connectivity index (χ2v) is 2.93. The Labute approximate surface area is 60.5 Å². The Kier molecular flexibility index (Phi) is 2.27. The number of ether oxygens (including phenoxy) is 1. The molecule has 1 aliphatic rings. The zero-order valence-corrected chi connectivity index (χ0v) is 6.01. The first-order chi connectivity index (χ1) is 4.77. The summed E-state index contributed by atoms with van der Waals surface area (Å²) in [6, 6.07) is 0. The van der Waals surface area contributed by atoms with E-state index >= 15 is 0 Å². The molecule has 0 heterocycles. The van der Waals surface area contributed by atoms with Crippen molar-refractivity contribution >= 4 is 6.47 Å². The lowest BCUT2D eigenvalue weighted by Gasteiger charge is -2.37. The van der Waals surface area contributed by atoms with Crippen LogP contribution in [0.1, 0.15) is 25.7 Å². The molecule has 10 heavy (non-hydrogen) atoms. The van der Waals surface area contributed by atoms with Crippen LogP contribution in [0.15, 0.2) is 0 Å². The van der Waals surface area contributed by atoms with Gasteiger partial charge < -0.3 is 10.5 Å². The van der Waals surface area contributed by atoms with Gasteiger partial charge in [0, 0.05) is 5.54 Å². The molecule has 2 N–H and O–H groups in total. The summed E-state index contributed by atoms with van der Waals surface area (Å²) < 4.78 is 4.54. The average Bonchev–Trinajstić information content (AvgIpc) is 1.85. The van der Waals surface area contributed by atoms with Crippen molar-refractivity contribution in [2.45, 2.75) is 31.2 Å². The first-order valence-corrected chi connectivity index (χ1v) is 3.61. The molecular formula is C7H13NO2. The number of hydrogen-bond donors (Lipinski definition) is 1. The van der Waals surface area contributed by atoms with E-state index in [2.05, 4.69) is 4.74 Å². The first-order valence-electron chi connectivity index (χ1n) is 3.61. The molecule has 1 aliphatic carbocycles. The third-order valence-electron chi connectivity index (χ3n) is 2.14. The quantitative estimate of drug-likeness (QED) is 0.458. The maximum absolute atomic E-state index is 9.73. The Hall–Kier alpha value is -0.570. The van der Waals surface area contributed by atoms with Crippen LogP contribution in [0, 0.1) is 0 Å². The summed E-state index contributed by atoms with van der Waals surface area (Å²) in [6.07, 6.45) is 4.19. The van der Waals surface area contributed by atoms with Crippen molar-refractivity contribution < 1.29 is 9.53 Å². The summed E-state index contributed by atoms with van der Waals surface area (Å²) >= 11 is 0. The molecule has 0 saturated heterocycles. The summed E-state index contributed by atoms with van der Waals surface area (Å²) in [6.45, 7) is 0.946. The molecule has 0 aliphatic heterocycles. The van der Waals surface area contributed by atoms with E-state index in [0.29, 0.717) is 13.1 Å². The predicted molar refractivity (Wildman–Crippen MR) is 37.4 cm³/mol. The Morgan fingerprint density at radius 3 is 2.70 bits per heavy atom. The summed E-state index contributed by atoms with van der Waals surface area (Å²) in [4.78, 5) is 9.73. The maximum Gasteiger partial charge on any atom is 0.293 e. The molecule has 0 unspecified atom stereocenters. The maximum atomic E-state index is 9.73. The minimum absolute atomic E-state index is 0.0109. The molecule has 3 nitrogen and oxygen atoms in total. The van der Waals surface area contributed by atoms with Crippen molar-refractivity contribution in [2.75, 3.05) is 6.61 Å². The molecule has 0 radical (unpaired) electrons. The Morgan fingerprint density at radius 2 is 2.30 bits per heavy atom. The highest BCUT2D eigenvalue weighted by Gasteiger charge is 2.31. The highest BCUT2D eigenvalue weighted by molar-refractivity contribution is 5.36. The summed E-state index contributed by atoms with van der Waals surface area (Å²) in [5.74, 6) is 0. The predicted octanol–water partition coefficient (Wildman–Crippen LogP) is 0.431. The van der Waals surface area contributed by atoms with Crippen molar-refractivity contribution in [3.63, 3.8) is 0 Å². The summed E-state index contributed by atoms with van der Waals surface area (Å²) in [5, 5.41) is 0. The van der Waals surface area contributed by atoms with E-state index in [1.807, 2.05) is 0 Å². The molecule has 58 valence electrons. The fourth-order valence-corrected chi connectivity index (χ4v) is 1.19. The minimum Gasteiger partial charge on any atom is -0.468 e. The van der Waals surface area contributed by atoms with E-state index in [0.717, 1.165) is 19.3 Å². The molecular weight excluding hydrogens is 130 g/mol. The van der Waals surface area contributed by atoms with Gasteiger partial charge in [-0.3, -0.25) is 4.79 Å². The molecule has 0 spiro atoms. The molecule has 0 aromatic heterocycles. The molecule has 1 fully saturated rings. The third-order valence-corrected chi connectivity index (χ3v) is 2.14.